The molecule has 1 rings (SSSR count). The molecular weight excluding hydrogens is 156 g/mol. The molecule has 0 fully saturated rings. The van der Waals surface area contributed by atoms with Crippen LogP contribution in [0.1, 0.15) is 25.3 Å². The maximum Gasteiger partial charge on any atom is 0.235 e. The van der Waals surface area contributed by atoms with Gasteiger partial charge in [-0.15, -0.1) is 0 Å². The molecule has 0 radical (unpaired) electrons. The zero-order valence-corrected chi connectivity index (χ0v) is 7.29. The summed E-state index contributed by atoms with van der Waals surface area (Å²) in [5, 5.41) is 3.76. The highest BCUT2D eigenvalue weighted by Gasteiger charge is 2.23. The molecule has 4 nitrogen and oxygen atoms in total. The van der Waals surface area contributed by atoms with E-state index in [1.807, 2.05) is 0 Å². The maximum atomic E-state index is 10.1. The van der Waals surface area contributed by atoms with Gasteiger partial charge in [0, 0.05) is 6.07 Å². The highest BCUT2D eigenvalue weighted by atomic mass is 16.5. The Balaban J connectivity index is 3.04. The van der Waals surface area contributed by atoms with E-state index in [0.29, 0.717) is 11.5 Å². The molecule has 1 aromatic rings. The summed E-state index contributed by atoms with van der Waals surface area (Å²) in [7, 11) is 0. The van der Waals surface area contributed by atoms with Gasteiger partial charge in [0.2, 0.25) is 6.08 Å². The molecule has 4 heteroatoms. The zero-order valence-electron chi connectivity index (χ0n) is 7.29. The summed E-state index contributed by atoms with van der Waals surface area (Å²) < 4.78 is 4.86. The van der Waals surface area contributed by atoms with Crippen LogP contribution >= 0.6 is 0 Å². The molecule has 0 saturated carbocycles. The molecule has 0 saturated heterocycles. The van der Waals surface area contributed by atoms with E-state index in [1.165, 1.54) is 6.08 Å². The molecule has 0 aliphatic heterocycles. The summed E-state index contributed by atoms with van der Waals surface area (Å²) >= 11 is 0. The Morgan fingerprint density at radius 2 is 2.33 bits per heavy atom. The van der Waals surface area contributed by atoms with E-state index < -0.39 is 5.54 Å². The second-order valence-electron chi connectivity index (χ2n) is 3.08. The topological polar surface area (TPSA) is 55.5 Å². The van der Waals surface area contributed by atoms with Crippen LogP contribution in [0.2, 0.25) is 0 Å². The second-order valence-corrected chi connectivity index (χ2v) is 3.08. The lowest BCUT2D eigenvalue weighted by molar-refractivity contribution is 0.372. The van der Waals surface area contributed by atoms with Gasteiger partial charge in [-0.1, -0.05) is 5.16 Å². The van der Waals surface area contributed by atoms with E-state index in [9.17, 15) is 4.79 Å². The largest absolute Gasteiger partial charge is 0.361 e. The van der Waals surface area contributed by atoms with E-state index >= 15 is 0 Å². The van der Waals surface area contributed by atoms with Crippen molar-refractivity contribution in [3.8, 4) is 0 Å². The molecule has 0 aromatic carbocycles. The van der Waals surface area contributed by atoms with Crippen LogP contribution in [-0.4, -0.2) is 11.2 Å². The van der Waals surface area contributed by atoms with Gasteiger partial charge >= 0.3 is 0 Å². The number of rotatable bonds is 2. The van der Waals surface area contributed by atoms with E-state index in [4.69, 9.17) is 4.52 Å². The lowest BCUT2D eigenvalue weighted by Crippen LogP contribution is -2.13. The fourth-order valence-electron chi connectivity index (χ4n) is 0.826. The first-order chi connectivity index (χ1) is 5.56. The van der Waals surface area contributed by atoms with Crippen LogP contribution in [0.4, 0.5) is 0 Å². The van der Waals surface area contributed by atoms with Crippen LogP contribution in [0.5, 0.6) is 0 Å². The van der Waals surface area contributed by atoms with Crippen LogP contribution in [0.25, 0.3) is 0 Å². The van der Waals surface area contributed by atoms with Crippen molar-refractivity contribution < 1.29 is 9.32 Å². The van der Waals surface area contributed by atoms with Crippen molar-refractivity contribution in [3.63, 3.8) is 0 Å². The van der Waals surface area contributed by atoms with Crippen molar-refractivity contribution in [1.82, 2.24) is 5.16 Å². The third kappa shape index (κ3) is 1.60. The van der Waals surface area contributed by atoms with Crippen molar-refractivity contribution in [2.45, 2.75) is 26.3 Å². The van der Waals surface area contributed by atoms with E-state index in [1.54, 1.807) is 26.8 Å². The minimum absolute atomic E-state index is 0.639. The molecular formula is C8H10N2O2. The lowest BCUT2D eigenvalue weighted by atomic mass is 10.0. The Kier molecular flexibility index (Phi) is 2.11. The molecule has 1 heterocycles. The molecule has 0 spiro atoms. The molecule has 0 N–H and O–H groups in total. The van der Waals surface area contributed by atoms with Gasteiger partial charge < -0.3 is 4.52 Å². The Bertz CT molecular complexity index is 322. The number of isocyanates is 1. The van der Waals surface area contributed by atoms with Crippen LogP contribution in [0.3, 0.4) is 0 Å². The third-order valence-electron chi connectivity index (χ3n) is 1.58. The standard InChI is InChI=1S/C8H10N2O2/c1-6-4-7(10-12-6)8(2,3)9-5-11/h4H,1-3H3. The number of aliphatic imine (C=N–C) groups is 1. The van der Waals surface area contributed by atoms with Gasteiger partial charge in [-0.05, 0) is 20.8 Å². The zero-order chi connectivity index (χ0) is 9.19. The molecule has 0 bridgehead atoms. The van der Waals surface area contributed by atoms with E-state index in [-0.39, 0.29) is 0 Å². The minimum atomic E-state index is -0.639. The SMILES string of the molecule is Cc1cc(C(C)(C)N=C=O)no1. The van der Waals surface area contributed by atoms with Gasteiger partial charge in [-0.2, -0.15) is 4.99 Å². The summed E-state index contributed by atoms with van der Waals surface area (Å²) in [6, 6.07) is 1.75. The Hall–Kier alpha value is -1.41. The predicted octanol–water partition coefficient (Wildman–Crippen LogP) is 1.55. The van der Waals surface area contributed by atoms with Crippen molar-refractivity contribution in [2.75, 3.05) is 0 Å². The van der Waals surface area contributed by atoms with E-state index in [0.717, 1.165) is 0 Å². The summed E-state index contributed by atoms with van der Waals surface area (Å²) in [6.07, 6.45) is 1.51. The molecule has 64 valence electrons. The van der Waals surface area contributed by atoms with Gasteiger partial charge in [0.25, 0.3) is 0 Å². The molecule has 0 aliphatic rings. The van der Waals surface area contributed by atoms with Crippen molar-refractivity contribution >= 4 is 6.08 Å². The minimum Gasteiger partial charge on any atom is -0.361 e. The highest BCUT2D eigenvalue weighted by Crippen LogP contribution is 2.22. The number of carbonyl (C=O) groups excluding carboxylic acids is 1. The van der Waals surface area contributed by atoms with Crippen molar-refractivity contribution in [3.05, 3.63) is 17.5 Å². The maximum absolute atomic E-state index is 10.1. The lowest BCUT2D eigenvalue weighted by Gasteiger charge is -2.11. The summed E-state index contributed by atoms with van der Waals surface area (Å²) in [5.41, 5.74) is 0.00262. The Morgan fingerprint density at radius 1 is 1.67 bits per heavy atom. The molecule has 0 unspecified atom stereocenters. The smallest absolute Gasteiger partial charge is 0.235 e. The monoisotopic (exact) mass is 166 g/mol. The third-order valence-corrected chi connectivity index (χ3v) is 1.58. The van der Waals surface area contributed by atoms with Gasteiger partial charge in [-0.25, -0.2) is 4.79 Å². The first-order valence-corrected chi connectivity index (χ1v) is 3.59. The predicted molar refractivity (Wildman–Crippen MR) is 42.4 cm³/mol. The molecule has 0 atom stereocenters. The van der Waals surface area contributed by atoms with Crippen molar-refractivity contribution in [2.24, 2.45) is 4.99 Å². The number of hydrogen-bond acceptors (Lipinski definition) is 4. The summed E-state index contributed by atoms with van der Waals surface area (Å²) in [5.74, 6) is 0.708. The Labute approximate surface area is 70.3 Å². The number of aryl methyl sites for hydroxylation is 1. The average Bonchev–Trinajstić information content (AvgIpc) is 2.36. The molecule has 12 heavy (non-hydrogen) atoms. The summed E-state index contributed by atoms with van der Waals surface area (Å²) in [4.78, 5) is 13.7. The van der Waals surface area contributed by atoms with E-state index in [2.05, 4.69) is 10.1 Å². The number of hydrogen-bond donors (Lipinski definition) is 0. The first kappa shape index (κ1) is 8.68. The normalized spacial score (nSPS) is 10.9. The second kappa shape index (κ2) is 2.91. The molecule has 1 aromatic heterocycles. The fraction of sp³-hybridized carbons (Fsp3) is 0.500. The average molecular weight is 166 g/mol. The van der Waals surface area contributed by atoms with Gasteiger partial charge in [-0.3, -0.25) is 0 Å². The molecule has 0 amide bonds. The van der Waals surface area contributed by atoms with Gasteiger partial charge in [0.05, 0.1) is 0 Å². The summed E-state index contributed by atoms with van der Waals surface area (Å²) in [6.45, 7) is 5.33. The quantitative estimate of drug-likeness (QED) is 0.494. The van der Waals surface area contributed by atoms with Crippen LogP contribution in [0.15, 0.2) is 15.6 Å². The van der Waals surface area contributed by atoms with Crippen LogP contribution in [-0.2, 0) is 10.3 Å². The van der Waals surface area contributed by atoms with Crippen LogP contribution in [0, 0.1) is 6.92 Å². The van der Waals surface area contributed by atoms with Gasteiger partial charge in [0.15, 0.2) is 0 Å². The van der Waals surface area contributed by atoms with Crippen LogP contribution < -0.4 is 0 Å². The molecule has 0 aliphatic carbocycles. The Morgan fingerprint density at radius 3 is 2.75 bits per heavy atom. The number of aromatic nitrogens is 1. The fourth-order valence-corrected chi connectivity index (χ4v) is 0.826. The highest BCUT2D eigenvalue weighted by molar-refractivity contribution is 5.36. The van der Waals surface area contributed by atoms with Crippen molar-refractivity contribution in [1.29, 1.82) is 0 Å². The first-order valence-electron chi connectivity index (χ1n) is 3.59. The number of nitrogens with zero attached hydrogens (tertiary/aromatic N) is 2. The van der Waals surface area contributed by atoms with Gasteiger partial charge in [0.1, 0.15) is 17.0 Å².